The van der Waals surface area contributed by atoms with Crippen molar-refractivity contribution in [3.63, 3.8) is 0 Å². The van der Waals surface area contributed by atoms with Crippen molar-refractivity contribution >= 4 is 60.1 Å². The van der Waals surface area contributed by atoms with Crippen molar-refractivity contribution in [3.05, 3.63) is 80.9 Å². The van der Waals surface area contributed by atoms with Gasteiger partial charge in [-0.3, -0.25) is 0 Å². The molecule has 1 aromatic heterocycles. The number of rotatable bonds is 3. The fourth-order valence-corrected chi connectivity index (χ4v) is 6.36. The number of nitrogens with zero attached hydrogens (tertiary/aromatic N) is 1. The molecule has 0 fully saturated rings. The molecule has 4 aromatic rings. The Hall–Kier alpha value is -1.99. The molecule has 0 bridgehead atoms. The molecule has 1 heterocycles. The van der Waals surface area contributed by atoms with Gasteiger partial charge in [0, 0.05) is 26.1 Å². The van der Waals surface area contributed by atoms with Gasteiger partial charge < -0.3 is 5.11 Å². The highest BCUT2D eigenvalue weighted by molar-refractivity contribution is 9.10. The number of aromatic nitrogens is 1. The van der Waals surface area contributed by atoms with Gasteiger partial charge in [-0.2, -0.15) is 0 Å². The molecule has 4 rings (SSSR count). The molecule has 1 N–H and O–H groups in total. The molecule has 8 heteroatoms. The lowest BCUT2D eigenvalue weighted by molar-refractivity contribution is 0.458. The third kappa shape index (κ3) is 3.34. The Bertz CT molecular complexity index is 1370. The van der Waals surface area contributed by atoms with Gasteiger partial charge >= 0.3 is 0 Å². The number of hydrogen-bond donors (Lipinski definition) is 1. The first kappa shape index (κ1) is 20.3. The fraction of sp³-hybridized carbons (Fsp3) is 0.0476. The highest BCUT2D eigenvalue weighted by Gasteiger charge is 2.29. The summed E-state index contributed by atoms with van der Waals surface area (Å²) in [5, 5.41) is 11.5. The molecule has 29 heavy (non-hydrogen) atoms. The first-order valence-electron chi connectivity index (χ1n) is 8.51. The number of phenolic OH excluding ortho intramolecular Hbond substituents is 1. The van der Waals surface area contributed by atoms with Crippen molar-refractivity contribution in [2.75, 3.05) is 0 Å². The number of halogens is 3. The predicted molar refractivity (Wildman–Crippen MR) is 121 cm³/mol. The Balaban J connectivity index is 2.12. The minimum Gasteiger partial charge on any atom is -0.505 e. The van der Waals surface area contributed by atoms with Crippen molar-refractivity contribution in [3.8, 4) is 16.9 Å². The van der Waals surface area contributed by atoms with Gasteiger partial charge in [-0.15, -0.1) is 0 Å². The van der Waals surface area contributed by atoms with Gasteiger partial charge in [0.1, 0.15) is 4.90 Å². The zero-order valence-electron chi connectivity index (χ0n) is 15.0. The normalized spacial score (nSPS) is 11.9. The maximum Gasteiger partial charge on any atom is 0.272 e. The molecule has 0 radical (unpaired) electrons. The van der Waals surface area contributed by atoms with Gasteiger partial charge in [0.15, 0.2) is 5.75 Å². The third-order valence-corrected chi connectivity index (χ3v) is 7.49. The second kappa shape index (κ2) is 7.36. The fourth-order valence-electron chi connectivity index (χ4n) is 3.48. The highest BCUT2D eigenvalue weighted by Crippen LogP contribution is 2.41. The number of aromatic hydroxyl groups is 1. The van der Waals surface area contributed by atoms with Crippen LogP contribution < -0.4 is 0 Å². The summed E-state index contributed by atoms with van der Waals surface area (Å²) < 4.78 is 28.9. The largest absolute Gasteiger partial charge is 0.505 e. The summed E-state index contributed by atoms with van der Waals surface area (Å²) in [4.78, 5) is -0.286. The van der Waals surface area contributed by atoms with Crippen LogP contribution in [0.15, 0.2) is 70.0 Å². The Kier molecular flexibility index (Phi) is 5.15. The van der Waals surface area contributed by atoms with E-state index in [1.165, 1.54) is 16.1 Å². The van der Waals surface area contributed by atoms with E-state index in [0.717, 1.165) is 11.1 Å². The molecule has 148 valence electrons. The van der Waals surface area contributed by atoms with E-state index in [4.69, 9.17) is 23.2 Å². The van der Waals surface area contributed by atoms with Gasteiger partial charge in [-0.1, -0.05) is 69.5 Å². The lowest BCUT2D eigenvalue weighted by atomic mass is 10.0. The van der Waals surface area contributed by atoms with Crippen LogP contribution in [0.1, 0.15) is 5.69 Å². The second-order valence-corrected chi connectivity index (χ2v) is 10.0. The van der Waals surface area contributed by atoms with Crippen LogP contribution in [0.4, 0.5) is 0 Å². The number of phenols is 1. The summed E-state index contributed by atoms with van der Waals surface area (Å²) in [6.07, 6.45) is 0. The van der Waals surface area contributed by atoms with Gasteiger partial charge in [-0.25, -0.2) is 12.4 Å². The number of hydrogen-bond acceptors (Lipinski definition) is 3. The Morgan fingerprint density at radius 3 is 2.38 bits per heavy atom. The van der Waals surface area contributed by atoms with E-state index < -0.39 is 15.8 Å². The average molecular weight is 511 g/mol. The third-order valence-electron chi connectivity index (χ3n) is 4.69. The van der Waals surface area contributed by atoms with Gasteiger partial charge in [0.25, 0.3) is 10.0 Å². The summed E-state index contributed by atoms with van der Waals surface area (Å²) in [6, 6.07) is 17.3. The van der Waals surface area contributed by atoms with Gasteiger partial charge in [0.05, 0.1) is 10.5 Å². The van der Waals surface area contributed by atoms with E-state index in [1.54, 1.807) is 25.1 Å². The summed E-state index contributed by atoms with van der Waals surface area (Å²) in [7, 11) is -4.16. The minimum atomic E-state index is -4.16. The van der Waals surface area contributed by atoms with Crippen LogP contribution in [0.25, 0.3) is 22.0 Å². The first-order chi connectivity index (χ1) is 13.7. The van der Waals surface area contributed by atoms with Crippen molar-refractivity contribution in [2.24, 2.45) is 0 Å². The molecule has 0 saturated heterocycles. The molecule has 0 amide bonds. The summed E-state index contributed by atoms with van der Waals surface area (Å²) in [6.45, 7) is 1.73. The molecule has 4 nitrogen and oxygen atoms in total. The average Bonchev–Trinajstić information content (AvgIpc) is 2.96. The molecule has 0 aliphatic heterocycles. The molecule has 0 spiro atoms. The van der Waals surface area contributed by atoms with E-state index in [9.17, 15) is 13.5 Å². The maximum absolute atomic E-state index is 13.6. The van der Waals surface area contributed by atoms with Gasteiger partial charge in [0.2, 0.25) is 0 Å². The molecular formula is C21H14BrCl2NO3S. The van der Waals surface area contributed by atoms with E-state index in [1.807, 2.05) is 30.3 Å². The molecule has 0 unspecified atom stereocenters. The van der Waals surface area contributed by atoms with Crippen LogP contribution in [0, 0.1) is 6.92 Å². The summed E-state index contributed by atoms with van der Waals surface area (Å²) in [5.74, 6) is -0.494. The second-order valence-electron chi connectivity index (χ2n) is 6.49. The first-order valence-corrected chi connectivity index (χ1v) is 11.5. The SMILES string of the molecule is Cc1c(-c2ccccc2)c2cc(Cl)ccc2n1S(=O)(=O)c1cc(Br)cc(Cl)c1O. The van der Waals surface area contributed by atoms with Crippen LogP contribution in [-0.2, 0) is 10.0 Å². The molecule has 3 aromatic carbocycles. The van der Waals surface area contributed by atoms with Crippen molar-refractivity contribution in [2.45, 2.75) is 11.8 Å². The summed E-state index contributed by atoms with van der Waals surface area (Å²) in [5.41, 5.74) is 2.58. The number of benzene rings is 3. The molecule has 0 aliphatic carbocycles. The van der Waals surface area contributed by atoms with E-state index in [-0.39, 0.29) is 9.92 Å². The molecule has 0 atom stereocenters. The Morgan fingerprint density at radius 1 is 1.00 bits per heavy atom. The lowest BCUT2D eigenvalue weighted by Crippen LogP contribution is -2.15. The van der Waals surface area contributed by atoms with Crippen LogP contribution in [0.5, 0.6) is 5.75 Å². The maximum atomic E-state index is 13.6. The van der Waals surface area contributed by atoms with Crippen LogP contribution in [0.3, 0.4) is 0 Å². The molecule has 0 aliphatic rings. The Morgan fingerprint density at radius 2 is 1.69 bits per heavy atom. The molecule has 0 saturated carbocycles. The zero-order valence-corrected chi connectivity index (χ0v) is 18.9. The van der Waals surface area contributed by atoms with E-state index in [0.29, 0.717) is 26.1 Å². The molecular weight excluding hydrogens is 497 g/mol. The zero-order chi connectivity index (χ0) is 20.9. The number of fused-ring (bicyclic) bond motifs is 1. The Labute approximate surface area is 186 Å². The van der Waals surface area contributed by atoms with E-state index in [2.05, 4.69) is 15.9 Å². The van der Waals surface area contributed by atoms with Crippen molar-refractivity contribution < 1.29 is 13.5 Å². The highest BCUT2D eigenvalue weighted by atomic mass is 79.9. The summed E-state index contributed by atoms with van der Waals surface area (Å²) >= 11 is 15.5. The standard InChI is InChI=1S/C21H14BrCl2NO3S/c1-12-20(13-5-3-2-4-6-13)16-11-15(23)7-8-18(16)25(12)29(27,28)19-10-14(22)9-17(24)21(19)26/h2-11,26H,1H3. The minimum absolute atomic E-state index is 0.0570. The topological polar surface area (TPSA) is 59.3 Å². The van der Waals surface area contributed by atoms with Crippen molar-refractivity contribution in [1.29, 1.82) is 0 Å². The van der Waals surface area contributed by atoms with Crippen LogP contribution in [0.2, 0.25) is 10.0 Å². The van der Waals surface area contributed by atoms with E-state index >= 15 is 0 Å². The lowest BCUT2D eigenvalue weighted by Gasteiger charge is -2.13. The van der Waals surface area contributed by atoms with Crippen LogP contribution >= 0.6 is 39.1 Å². The predicted octanol–water partition coefficient (Wildman–Crippen LogP) is 6.63. The van der Waals surface area contributed by atoms with Crippen molar-refractivity contribution in [1.82, 2.24) is 3.97 Å². The monoisotopic (exact) mass is 509 g/mol. The smallest absolute Gasteiger partial charge is 0.272 e. The van der Waals surface area contributed by atoms with Gasteiger partial charge in [-0.05, 0) is 42.8 Å². The van der Waals surface area contributed by atoms with Crippen LogP contribution in [-0.4, -0.2) is 17.5 Å². The quantitative estimate of drug-likeness (QED) is 0.336.